The lowest BCUT2D eigenvalue weighted by Crippen LogP contribution is -2.28. The highest BCUT2D eigenvalue weighted by Gasteiger charge is 2.18. The number of amidine groups is 1. The number of ether oxygens (including phenoxy) is 1. The molecule has 1 aliphatic rings. The van der Waals surface area contributed by atoms with E-state index in [4.69, 9.17) is 15.9 Å². The molecule has 0 heterocycles. The standard InChI is InChI=1S/C5H10N2O/c6-5(7)8-4-2-1-3-4/h4H,1-3H2,(H3,6,7). The highest BCUT2D eigenvalue weighted by molar-refractivity contribution is 5.67. The Morgan fingerprint density at radius 2 is 2.25 bits per heavy atom. The Kier molecular flexibility index (Phi) is 1.37. The summed E-state index contributed by atoms with van der Waals surface area (Å²) in [4.78, 5) is 0. The van der Waals surface area contributed by atoms with E-state index in [0.717, 1.165) is 12.8 Å². The van der Waals surface area contributed by atoms with Gasteiger partial charge in [0.1, 0.15) is 6.10 Å². The van der Waals surface area contributed by atoms with Crippen LogP contribution in [0, 0.1) is 5.41 Å². The monoisotopic (exact) mass is 114 g/mol. The maximum absolute atomic E-state index is 6.72. The summed E-state index contributed by atoms with van der Waals surface area (Å²) >= 11 is 0. The van der Waals surface area contributed by atoms with Crippen LogP contribution in [-0.2, 0) is 4.74 Å². The summed E-state index contributed by atoms with van der Waals surface area (Å²) in [5, 5.41) is 6.72. The van der Waals surface area contributed by atoms with Gasteiger partial charge in [-0.15, -0.1) is 0 Å². The topological polar surface area (TPSA) is 59.1 Å². The van der Waals surface area contributed by atoms with E-state index >= 15 is 0 Å². The molecule has 0 spiro atoms. The molecule has 0 saturated heterocycles. The third kappa shape index (κ3) is 1.12. The zero-order chi connectivity index (χ0) is 5.98. The van der Waals surface area contributed by atoms with E-state index in [2.05, 4.69) is 0 Å². The van der Waals surface area contributed by atoms with Gasteiger partial charge in [0.2, 0.25) is 0 Å². The van der Waals surface area contributed by atoms with Crippen LogP contribution < -0.4 is 5.73 Å². The Balaban J connectivity index is 2.09. The summed E-state index contributed by atoms with van der Waals surface area (Å²) < 4.78 is 4.85. The predicted molar refractivity (Wildman–Crippen MR) is 30.6 cm³/mol. The van der Waals surface area contributed by atoms with Gasteiger partial charge in [0.15, 0.2) is 0 Å². The summed E-state index contributed by atoms with van der Waals surface area (Å²) in [7, 11) is 0. The summed E-state index contributed by atoms with van der Waals surface area (Å²) in [5.74, 6) is 0. The summed E-state index contributed by atoms with van der Waals surface area (Å²) in [6.45, 7) is 0. The average molecular weight is 114 g/mol. The predicted octanol–water partition coefficient (Wildman–Crippen LogP) is 0.449. The van der Waals surface area contributed by atoms with E-state index in [0.29, 0.717) is 0 Å². The summed E-state index contributed by atoms with van der Waals surface area (Å²) in [5.41, 5.74) is 4.96. The average Bonchev–Trinajstić information content (AvgIpc) is 1.55. The molecule has 1 saturated carbocycles. The number of hydrogen-bond donors (Lipinski definition) is 2. The number of nitrogens with two attached hydrogens (primary N) is 1. The lowest BCUT2D eigenvalue weighted by molar-refractivity contribution is 0.104. The summed E-state index contributed by atoms with van der Waals surface area (Å²) in [6.07, 6.45) is 3.62. The van der Waals surface area contributed by atoms with Gasteiger partial charge in [-0.05, 0) is 19.3 Å². The second-order valence-corrected chi connectivity index (χ2v) is 2.04. The molecular weight excluding hydrogens is 104 g/mol. The fraction of sp³-hybridized carbons (Fsp3) is 0.800. The fourth-order valence-corrected chi connectivity index (χ4v) is 0.668. The minimum Gasteiger partial charge on any atom is -0.462 e. The van der Waals surface area contributed by atoms with Crippen molar-refractivity contribution in [3.63, 3.8) is 0 Å². The van der Waals surface area contributed by atoms with Gasteiger partial charge in [-0.3, -0.25) is 5.41 Å². The zero-order valence-electron chi connectivity index (χ0n) is 4.68. The van der Waals surface area contributed by atoms with Gasteiger partial charge < -0.3 is 10.5 Å². The summed E-state index contributed by atoms with van der Waals surface area (Å²) in [6, 6.07) is -0.144. The van der Waals surface area contributed by atoms with Crippen molar-refractivity contribution in [3.05, 3.63) is 0 Å². The first-order valence-electron chi connectivity index (χ1n) is 2.79. The quantitative estimate of drug-likeness (QED) is 0.384. The van der Waals surface area contributed by atoms with Crippen molar-refractivity contribution in [3.8, 4) is 0 Å². The second-order valence-electron chi connectivity index (χ2n) is 2.04. The second kappa shape index (κ2) is 2.03. The van der Waals surface area contributed by atoms with Crippen LogP contribution in [0.1, 0.15) is 19.3 Å². The number of nitrogens with one attached hydrogen (secondary N) is 1. The van der Waals surface area contributed by atoms with Crippen molar-refractivity contribution in [1.29, 1.82) is 5.41 Å². The van der Waals surface area contributed by atoms with Crippen LogP contribution in [0.15, 0.2) is 0 Å². The van der Waals surface area contributed by atoms with Crippen molar-refractivity contribution < 1.29 is 4.74 Å². The molecule has 3 nitrogen and oxygen atoms in total. The van der Waals surface area contributed by atoms with Gasteiger partial charge in [-0.25, -0.2) is 0 Å². The molecular formula is C5H10N2O. The van der Waals surface area contributed by atoms with Gasteiger partial charge in [0.05, 0.1) is 0 Å². The van der Waals surface area contributed by atoms with E-state index in [1.54, 1.807) is 0 Å². The van der Waals surface area contributed by atoms with Crippen molar-refractivity contribution >= 4 is 6.02 Å². The smallest absolute Gasteiger partial charge is 0.279 e. The SMILES string of the molecule is N=C(N)OC1CCC1. The largest absolute Gasteiger partial charge is 0.462 e. The van der Waals surface area contributed by atoms with Gasteiger partial charge in [0, 0.05) is 0 Å². The molecule has 0 aromatic heterocycles. The maximum atomic E-state index is 6.72. The van der Waals surface area contributed by atoms with Gasteiger partial charge in [0.25, 0.3) is 6.02 Å². The number of rotatable bonds is 1. The van der Waals surface area contributed by atoms with Crippen molar-refractivity contribution in [2.75, 3.05) is 0 Å². The molecule has 0 amide bonds. The van der Waals surface area contributed by atoms with E-state index in [1.165, 1.54) is 6.42 Å². The molecule has 0 aliphatic heterocycles. The first-order chi connectivity index (χ1) is 3.79. The van der Waals surface area contributed by atoms with Crippen molar-refractivity contribution in [2.45, 2.75) is 25.4 Å². The third-order valence-electron chi connectivity index (χ3n) is 1.35. The minimum absolute atomic E-state index is 0.144. The lowest BCUT2D eigenvalue weighted by Gasteiger charge is -2.24. The fourth-order valence-electron chi connectivity index (χ4n) is 0.668. The van der Waals surface area contributed by atoms with Crippen LogP contribution in [-0.4, -0.2) is 12.1 Å². The van der Waals surface area contributed by atoms with Crippen LogP contribution >= 0.6 is 0 Å². The molecule has 0 unspecified atom stereocenters. The molecule has 1 rings (SSSR count). The molecule has 1 fully saturated rings. The Hall–Kier alpha value is -0.730. The molecule has 1 aliphatic carbocycles. The number of hydrogen-bond acceptors (Lipinski definition) is 2. The van der Waals surface area contributed by atoms with Crippen LogP contribution in [0.2, 0.25) is 0 Å². The molecule has 0 aromatic carbocycles. The van der Waals surface area contributed by atoms with Crippen LogP contribution in [0.4, 0.5) is 0 Å². The maximum Gasteiger partial charge on any atom is 0.279 e. The Bertz CT molecular complexity index is 98.6. The van der Waals surface area contributed by atoms with Gasteiger partial charge in [-0.2, -0.15) is 0 Å². The van der Waals surface area contributed by atoms with E-state index in [9.17, 15) is 0 Å². The van der Waals surface area contributed by atoms with Crippen molar-refractivity contribution in [2.24, 2.45) is 5.73 Å². The molecule has 0 aromatic rings. The Labute approximate surface area is 48.3 Å². The molecule has 0 bridgehead atoms. The van der Waals surface area contributed by atoms with E-state index in [-0.39, 0.29) is 12.1 Å². The first-order valence-corrected chi connectivity index (χ1v) is 2.79. The highest BCUT2D eigenvalue weighted by Crippen LogP contribution is 2.21. The van der Waals surface area contributed by atoms with Gasteiger partial charge in [-0.1, -0.05) is 0 Å². The Morgan fingerprint density at radius 1 is 1.62 bits per heavy atom. The van der Waals surface area contributed by atoms with Crippen LogP contribution in [0.3, 0.4) is 0 Å². The normalized spacial score (nSPS) is 19.5. The van der Waals surface area contributed by atoms with Crippen molar-refractivity contribution in [1.82, 2.24) is 0 Å². The molecule has 3 N–H and O–H groups in total. The first kappa shape index (κ1) is 5.41. The Morgan fingerprint density at radius 3 is 2.38 bits per heavy atom. The molecule has 0 atom stereocenters. The zero-order valence-corrected chi connectivity index (χ0v) is 4.68. The van der Waals surface area contributed by atoms with E-state index < -0.39 is 0 Å². The lowest BCUT2D eigenvalue weighted by atomic mass is 9.96. The minimum atomic E-state index is -0.144. The molecule has 3 heteroatoms. The molecule has 0 radical (unpaired) electrons. The van der Waals surface area contributed by atoms with Crippen LogP contribution in [0.25, 0.3) is 0 Å². The highest BCUT2D eigenvalue weighted by atomic mass is 16.5. The van der Waals surface area contributed by atoms with E-state index in [1.807, 2.05) is 0 Å². The van der Waals surface area contributed by atoms with Gasteiger partial charge >= 0.3 is 0 Å². The van der Waals surface area contributed by atoms with Crippen LogP contribution in [0.5, 0.6) is 0 Å². The third-order valence-corrected chi connectivity index (χ3v) is 1.35. The molecule has 8 heavy (non-hydrogen) atoms. The molecule has 46 valence electrons.